The fourth-order valence-electron chi connectivity index (χ4n) is 2.81. The van der Waals surface area contributed by atoms with Crippen LogP contribution in [0, 0.1) is 0 Å². The summed E-state index contributed by atoms with van der Waals surface area (Å²) in [6, 6.07) is 14.1. The Balaban J connectivity index is 0.00000225. The molecule has 0 N–H and O–H groups in total. The van der Waals surface area contributed by atoms with Crippen molar-refractivity contribution in [3.63, 3.8) is 0 Å². The number of pyridine rings is 1. The van der Waals surface area contributed by atoms with E-state index in [-0.39, 0.29) is 12.4 Å². The summed E-state index contributed by atoms with van der Waals surface area (Å²) in [5.41, 5.74) is 2.16. The van der Waals surface area contributed by atoms with E-state index >= 15 is 0 Å². The average Bonchev–Trinajstić information content (AvgIpc) is 2.61. The van der Waals surface area contributed by atoms with Crippen molar-refractivity contribution in [1.82, 2.24) is 4.98 Å². The number of hydrogen-bond acceptors (Lipinski definition) is 4. The molecule has 1 aromatic heterocycles. The van der Waals surface area contributed by atoms with Gasteiger partial charge in [0.05, 0.1) is 26.5 Å². The van der Waals surface area contributed by atoms with Crippen LogP contribution in [0.15, 0.2) is 48.7 Å². The Morgan fingerprint density at radius 1 is 0.960 bits per heavy atom. The van der Waals surface area contributed by atoms with Gasteiger partial charge in [0.2, 0.25) is 0 Å². The van der Waals surface area contributed by atoms with Gasteiger partial charge in [-0.15, -0.1) is 12.4 Å². The molecule has 0 fully saturated rings. The largest absolute Gasteiger partial charge is 0.494 e. The van der Waals surface area contributed by atoms with Crippen molar-refractivity contribution in [2.75, 3.05) is 20.8 Å². The fourth-order valence-corrected chi connectivity index (χ4v) is 2.81. The van der Waals surface area contributed by atoms with Crippen molar-refractivity contribution in [2.24, 2.45) is 0 Å². The van der Waals surface area contributed by atoms with Gasteiger partial charge < -0.3 is 14.2 Å². The second-order valence-corrected chi connectivity index (χ2v) is 5.44. The molecule has 2 aromatic carbocycles. The van der Waals surface area contributed by atoms with E-state index in [9.17, 15) is 0 Å². The zero-order chi connectivity index (χ0) is 16.9. The highest BCUT2D eigenvalue weighted by Gasteiger charge is 2.10. The fraction of sp³-hybridized carbons (Fsp3) is 0.250. The molecule has 0 amide bonds. The number of nitrogens with zero attached hydrogens (tertiary/aromatic N) is 1. The second kappa shape index (κ2) is 8.58. The molecule has 0 spiro atoms. The van der Waals surface area contributed by atoms with Crippen LogP contribution in [0.2, 0.25) is 0 Å². The summed E-state index contributed by atoms with van der Waals surface area (Å²) >= 11 is 0. The number of hydrogen-bond donors (Lipinski definition) is 0. The van der Waals surface area contributed by atoms with E-state index in [1.165, 1.54) is 0 Å². The normalized spacial score (nSPS) is 10.2. The van der Waals surface area contributed by atoms with E-state index < -0.39 is 0 Å². The van der Waals surface area contributed by atoms with E-state index in [4.69, 9.17) is 14.2 Å². The molecule has 3 rings (SSSR count). The zero-order valence-corrected chi connectivity index (χ0v) is 15.4. The molecule has 132 valence electrons. The van der Waals surface area contributed by atoms with Crippen LogP contribution >= 0.6 is 12.4 Å². The van der Waals surface area contributed by atoms with Gasteiger partial charge in [0.15, 0.2) is 11.5 Å². The van der Waals surface area contributed by atoms with Crippen molar-refractivity contribution >= 4 is 23.2 Å². The molecule has 4 nitrogen and oxygen atoms in total. The Hall–Kier alpha value is -2.46. The lowest BCUT2D eigenvalue weighted by atomic mass is 10.0. The van der Waals surface area contributed by atoms with Crippen molar-refractivity contribution < 1.29 is 14.2 Å². The van der Waals surface area contributed by atoms with Crippen molar-refractivity contribution in [1.29, 1.82) is 0 Å². The summed E-state index contributed by atoms with van der Waals surface area (Å²) in [6.07, 6.45) is 2.56. The first-order chi connectivity index (χ1) is 11.7. The summed E-state index contributed by atoms with van der Waals surface area (Å²) in [5, 5.41) is 2.15. The van der Waals surface area contributed by atoms with Crippen molar-refractivity contribution in [3.05, 3.63) is 59.9 Å². The molecule has 25 heavy (non-hydrogen) atoms. The molecule has 0 saturated carbocycles. The first kappa shape index (κ1) is 18.9. The van der Waals surface area contributed by atoms with Gasteiger partial charge in [-0.3, -0.25) is 4.98 Å². The summed E-state index contributed by atoms with van der Waals surface area (Å²) in [4.78, 5) is 4.57. The molecule has 0 bridgehead atoms. The zero-order valence-electron chi connectivity index (χ0n) is 14.6. The molecule has 0 radical (unpaired) electrons. The lowest BCUT2D eigenvalue weighted by molar-refractivity contribution is 0.340. The van der Waals surface area contributed by atoms with E-state index in [0.717, 1.165) is 39.9 Å². The number of fused-ring (bicyclic) bond motifs is 1. The van der Waals surface area contributed by atoms with Crippen LogP contribution in [0.5, 0.6) is 17.2 Å². The molecule has 5 heteroatoms. The van der Waals surface area contributed by atoms with Gasteiger partial charge in [0.1, 0.15) is 5.75 Å². The van der Waals surface area contributed by atoms with Gasteiger partial charge in [-0.25, -0.2) is 0 Å². The van der Waals surface area contributed by atoms with E-state index in [2.05, 4.69) is 17.1 Å². The topological polar surface area (TPSA) is 40.6 Å². The maximum atomic E-state index is 5.58. The van der Waals surface area contributed by atoms with Gasteiger partial charge >= 0.3 is 0 Å². The van der Waals surface area contributed by atoms with Gasteiger partial charge in [0, 0.05) is 18.0 Å². The summed E-state index contributed by atoms with van der Waals surface area (Å²) in [5.74, 6) is 2.32. The minimum Gasteiger partial charge on any atom is -0.494 e. The van der Waals surface area contributed by atoms with Crippen LogP contribution in [0.25, 0.3) is 10.8 Å². The Kier molecular flexibility index (Phi) is 6.48. The van der Waals surface area contributed by atoms with E-state index in [1.54, 1.807) is 14.2 Å². The smallest absolute Gasteiger partial charge is 0.161 e. The van der Waals surface area contributed by atoms with Crippen LogP contribution in [0.3, 0.4) is 0 Å². The Labute approximate surface area is 154 Å². The highest BCUT2D eigenvalue weighted by molar-refractivity contribution is 5.88. The quantitative estimate of drug-likeness (QED) is 0.641. The molecule has 0 unspecified atom stereocenters. The third-order valence-corrected chi connectivity index (χ3v) is 3.93. The van der Waals surface area contributed by atoms with Gasteiger partial charge in [-0.1, -0.05) is 12.1 Å². The van der Waals surface area contributed by atoms with Crippen molar-refractivity contribution in [2.45, 2.75) is 13.3 Å². The first-order valence-electron chi connectivity index (χ1n) is 7.96. The predicted molar refractivity (Wildman–Crippen MR) is 103 cm³/mol. The van der Waals surface area contributed by atoms with Gasteiger partial charge in [-0.05, 0) is 48.2 Å². The number of aromatic nitrogens is 1. The minimum atomic E-state index is 0. The summed E-state index contributed by atoms with van der Waals surface area (Å²) in [7, 11) is 3.29. The highest BCUT2D eigenvalue weighted by Crippen LogP contribution is 2.33. The molecule has 3 aromatic rings. The predicted octanol–water partition coefficient (Wildman–Crippen LogP) is 4.66. The SMILES string of the molecule is CCOc1cccc(Cc2nccc3cc(OC)c(OC)cc23)c1.Cl. The lowest BCUT2D eigenvalue weighted by Crippen LogP contribution is -1.97. The maximum Gasteiger partial charge on any atom is 0.161 e. The van der Waals surface area contributed by atoms with E-state index in [0.29, 0.717) is 12.4 Å². The lowest BCUT2D eigenvalue weighted by Gasteiger charge is -2.12. The average molecular weight is 360 g/mol. The van der Waals surface area contributed by atoms with Crippen LogP contribution in [0.4, 0.5) is 0 Å². The Morgan fingerprint density at radius 3 is 2.44 bits per heavy atom. The minimum absolute atomic E-state index is 0. The molecular formula is C20H22ClNO3. The number of halogens is 1. The third-order valence-electron chi connectivity index (χ3n) is 3.93. The summed E-state index contributed by atoms with van der Waals surface area (Å²) < 4.78 is 16.4. The number of benzene rings is 2. The number of ether oxygens (including phenoxy) is 3. The molecular weight excluding hydrogens is 338 g/mol. The van der Waals surface area contributed by atoms with Gasteiger partial charge in [-0.2, -0.15) is 0 Å². The molecule has 0 atom stereocenters. The first-order valence-corrected chi connectivity index (χ1v) is 7.96. The Bertz CT molecular complexity index is 851. The number of rotatable bonds is 6. The van der Waals surface area contributed by atoms with Crippen LogP contribution in [-0.4, -0.2) is 25.8 Å². The molecule has 0 aliphatic heterocycles. The summed E-state index contributed by atoms with van der Waals surface area (Å²) in [6.45, 7) is 2.64. The van der Waals surface area contributed by atoms with Gasteiger partial charge in [0.25, 0.3) is 0 Å². The van der Waals surface area contributed by atoms with Crippen molar-refractivity contribution in [3.8, 4) is 17.2 Å². The van der Waals surface area contributed by atoms with Crippen LogP contribution in [-0.2, 0) is 6.42 Å². The van der Waals surface area contributed by atoms with Crippen LogP contribution < -0.4 is 14.2 Å². The monoisotopic (exact) mass is 359 g/mol. The molecule has 1 heterocycles. The van der Waals surface area contributed by atoms with Crippen LogP contribution in [0.1, 0.15) is 18.2 Å². The molecule has 0 aliphatic rings. The van der Waals surface area contributed by atoms with E-state index in [1.807, 2.05) is 43.5 Å². The molecule has 0 saturated heterocycles. The maximum absolute atomic E-state index is 5.58. The highest BCUT2D eigenvalue weighted by atomic mass is 35.5. The standard InChI is InChI=1S/C20H21NO3.ClH/c1-4-24-16-7-5-6-14(10-16)11-18-17-13-20(23-3)19(22-2)12-15(17)8-9-21-18;/h5-10,12-13H,4,11H2,1-3H3;1H. The second-order valence-electron chi connectivity index (χ2n) is 5.44. The Morgan fingerprint density at radius 2 is 1.72 bits per heavy atom. The third kappa shape index (κ3) is 4.15. The number of methoxy groups -OCH3 is 2. The molecule has 0 aliphatic carbocycles.